The Morgan fingerprint density at radius 3 is 2.50 bits per heavy atom. The van der Waals surface area contributed by atoms with Gasteiger partial charge in [-0.25, -0.2) is 4.98 Å². The van der Waals surface area contributed by atoms with Crippen molar-refractivity contribution < 1.29 is 0 Å². The number of anilines is 1. The zero-order valence-corrected chi connectivity index (χ0v) is 9.64. The monoisotopic (exact) mass is 212 g/mol. The second kappa shape index (κ2) is 4.35. The lowest BCUT2D eigenvalue weighted by Crippen LogP contribution is -1.91. The first-order chi connectivity index (χ1) is 7.66. The molecule has 2 N–H and O–H groups in total. The number of nitrogen functional groups attached to an aromatic ring is 1. The molecule has 0 bridgehead atoms. The maximum atomic E-state index is 5.68. The lowest BCUT2D eigenvalue weighted by atomic mass is 9.98. The minimum absolute atomic E-state index is 0.541. The molecule has 1 heterocycles. The van der Waals surface area contributed by atoms with Crippen LogP contribution >= 0.6 is 0 Å². The predicted octanol–water partition coefficient (Wildman–Crippen LogP) is 3.45. The first kappa shape index (κ1) is 10.7. The molecule has 0 fully saturated rings. The van der Waals surface area contributed by atoms with Gasteiger partial charge in [0.1, 0.15) is 5.82 Å². The lowest BCUT2D eigenvalue weighted by Gasteiger charge is -2.08. The van der Waals surface area contributed by atoms with Crippen molar-refractivity contribution in [2.24, 2.45) is 0 Å². The molecule has 0 aliphatic carbocycles. The summed E-state index contributed by atoms with van der Waals surface area (Å²) in [7, 11) is 0. The Morgan fingerprint density at radius 2 is 1.81 bits per heavy atom. The van der Waals surface area contributed by atoms with E-state index in [-0.39, 0.29) is 0 Å². The van der Waals surface area contributed by atoms with Gasteiger partial charge < -0.3 is 5.73 Å². The molecule has 0 unspecified atom stereocenters. The number of pyridine rings is 1. The summed E-state index contributed by atoms with van der Waals surface area (Å²) in [6.45, 7) is 4.39. The van der Waals surface area contributed by atoms with Crippen molar-refractivity contribution in [1.29, 1.82) is 0 Å². The Morgan fingerprint density at radius 1 is 1.06 bits per heavy atom. The number of hydrogen-bond acceptors (Lipinski definition) is 2. The molecule has 0 amide bonds. The molecular formula is C14H16N2. The molecule has 16 heavy (non-hydrogen) atoms. The van der Waals surface area contributed by atoms with Gasteiger partial charge in [-0.3, -0.25) is 0 Å². The van der Waals surface area contributed by atoms with E-state index in [2.05, 4.69) is 43.1 Å². The molecule has 0 spiro atoms. The van der Waals surface area contributed by atoms with Gasteiger partial charge in [-0.1, -0.05) is 38.1 Å². The molecule has 0 aliphatic heterocycles. The Kier molecular flexibility index (Phi) is 2.91. The van der Waals surface area contributed by atoms with Crippen molar-refractivity contribution in [2.45, 2.75) is 19.8 Å². The van der Waals surface area contributed by atoms with Gasteiger partial charge in [0.2, 0.25) is 0 Å². The fourth-order valence-electron chi connectivity index (χ4n) is 1.71. The molecule has 0 atom stereocenters. The van der Waals surface area contributed by atoms with Crippen LogP contribution in [0.2, 0.25) is 0 Å². The largest absolute Gasteiger partial charge is 0.384 e. The first-order valence-corrected chi connectivity index (χ1v) is 5.48. The van der Waals surface area contributed by atoms with Crippen molar-refractivity contribution >= 4 is 5.82 Å². The summed E-state index contributed by atoms with van der Waals surface area (Å²) in [4.78, 5) is 4.00. The van der Waals surface area contributed by atoms with Crippen molar-refractivity contribution in [2.75, 3.05) is 5.73 Å². The third-order valence-corrected chi connectivity index (χ3v) is 2.67. The Bertz CT molecular complexity index is 490. The maximum absolute atomic E-state index is 5.68. The molecule has 2 heteroatoms. The summed E-state index contributed by atoms with van der Waals surface area (Å²) >= 11 is 0. The van der Waals surface area contributed by atoms with Crippen LogP contribution in [0.15, 0.2) is 42.6 Å². The zero-order valence-electron chi connectivity index (χ0n) is 9.64. The molecule has 1 aromatic carbocycles. The molecule has 82 valence electrons. The average Bonchev–Trinajstić information content (AvgIpc) is 2.29. The summed E-state index contributed by atoms with van der Waals surface area (Å²) < 4.78 is 0. The van der Waals surface area contributed by atoms with E-state index in [9.17, 15) is 0 Å². The van der Waals surface area contributed by atoms with Crippen LogP contribution in [0, 0.1) is 0 Å². The summed E-state index contributed by atoms with van der Waals surface area (Å²) in [6.07, 6.45) is 1.74. The van der Waals surface area contributed by atoms with Crippen molar-refractivity contribution in [3.8, 4) is 11.1 Å². The smallest absolute Gasteiger partial charge is 0.123 e. The van der Waals surface area contributed by atoms with Crippen LogP contribution in [0.25, 0.3) is 11.1 Å². The van der Waals surface area contributed by atoms with Gasteiger partial charge in [-0.05, 0) is 34.7 Å². The predicted molar refractivity (Wildman–Crippen MR) is 68.2 cm³/mol. The highest BCUT2D eigenvalue weighted by atomic mass is 14.8. The molecule has 0 saturated heterocycles. The molecule has 1 aromatic heterocycles. The fraction of sp³-hybridized carbons (Fsp3) is 0.214. The number of benzene rings is 1. The molecule has 0 aliphatic rings. The molecular weight excluding hydrogens is 196 g/mol. The average molecular weight is 212 g/mol. The van der Waals surface area contributed by atoms with Gasteiger partial charge in [-0.15, -0.1) is 0 Å². The van der Waals surface area contributed by atoms with E-state index >= 15 is 0 Å². The standard InChI is InChI=1S/C14H16N2/c1-10(2)11-4-3-5-12(8-11)13-6-7-16-14(15)9-13/h3-10H,1-2H3,(H2,15,16). The van der Waals surface area contributed by atoms with Crippen LogP contribution in [0.5, 0.6) is 0 Å². The lowest BCUT2D eigenvalue weighted by molar-refractivity contribution is 0.867. The number of hydrogen-bond donors (Lipinski definition) is 1. The Balaban J connectivity index is 2.44. The van der Waals surface area contributed by atoms with E-state index in [1.807, 2.05) is 12.1 Å². The highest BCUT2D eigenvalue weighted by Crippen LogP contribution is 2.24. The molecule has 0 saturated carbocycles. The summed E-state index contributed by atoms with van der Waals surface area (Å²) in [5.74, 6) is 1.10. The topological polar surface area (TPSA) is 38.9 Å². The molecule has 2 nitrogen and oxygen atoms in total. The summed E-state index contributed by atoms with van der Waals surface area (Å²) in [6, 6.07) is 12.4. The van der Waals surface area contributed by atoms with Gasteiger partial charge in [0, 0.05) is 6.20 Å². The highest BCUT2D eigenvalue weighted by molar-refractivity contribution is 5.66. The van der Waals surface area contributed by atoms with Crippen molar-refractivity contribution in [3.63, 3.8) is 0 Å². The second-order valence-electron chi connectivity index (χ2n) is 4.25. The van der Waals surface area contributed by atoms with Crippen LogP contribution in [0.4, 0.5) is 5.82 Å². The maximum Gasteiger partial charge on any atom is 0.123 e. The minimum Gasteiger partial charge on any atom is -0.384 e. The molecule has 2 rings (SSSR count). The van der Waals surface area contributed by atoms with E-state index in [4.69, 9.17) is 5.73 Å². The highest BCUT2D eigenvalue weighted by Gasteiger charge is 2.02. The van der Waals surface area contributed by atoms with E-state index < -0.39 is 0 Å². The second-order valence-corrected chi connectivity index (χ2v) is 4.25. The van der Waals surface area contributed by atoms with Crippen molar-refractivity contribution in [3.05, 3.63) is 48.2 Å². The van der Waals surface area contributed by atoms with Crippen molar-refractivity contribution in [1.82, 2.24) is 4.98 Å². The molecule has 2 aromatic rings. The van der Waals surface area contributed by atoms with Gasteiger partial charge in [0.25, 0.3) is 0 Å². The van der Waals surface area contributed by atoms with E-state index in [1.54, 1.807) is 6.20 Å². The fourth-order valence-corrected chi connectivity index (χ4v) is 1.71. The van der Waals surface area contributed by atoms with Gasteiger partial charge >= 0.3 is 0 Å². The van der Waals surface area contributed by atoms with Gasteiger partial charge in [0.15, 0.2) is 0 Å². The normalized spacial score (nSPS) is 10.7. The SMILES string of the molecule is CC(C)c1cccc(-c2ccnc(N)c2)c1. The third-order valence-electron chi connectivity index (χ3n) is 2.67. The summed E-state index contributed by atoms with van der Waals surface area (Å²) in [5, 5.41) is 0. The number of nitrogens with two attached hydrogens (primary N) is 1. The number of rotatable bonds is 2. The van der Waals surface area contributed by atoms with E-state index in [1.165, 1.54) is 11.1 Å². The number of nitrogens with zero attached hydrogens (tertiary/aromatic N) is 1. The van der Waals surface area contributed by atoms with Crippen LogP contribution < -0.4 is 5.73 Å². The van der Waals surface area contributed by atoms with Gasteiger partial charge in [0.05, 0.1) is 0 Å². The minimum atomic E-state index is 0.541. The van der Waals surface area contributed by atoms with Gasteiger partial charge in [-0.2, -0.15) is 0 Å². The van der Waals surface area contributed by atoms with Crippen LogP contribution in [-0.4, -0.2) is 4.98 Å². The van der Waals surface area contributed by atoms with Crippen LogP contribution in [0.3, 0.4) is 0 Å². The van der Waals surface area contributed by atoms with E-state index in [0.29, 0.717) is 11.7 Å². The zero-order chi connectivity index (χ0) is 11.5. The molecule has 0 radical (unpaired) electrons. The first-order valence-electron chi connectivity index (χ1n) is 5.48. The van der Waals surface area contributed by atoms with E-state index in [0.717, 1.165) is 5.56 Å². The quantitative estimate of drug-likeness (QED) is 0.828. The summed E-state index contributed by atoms with van der Waals surface area (Å²) in [5.41, 5.74) is 9.34. The number of aromatic nitrogens is 1. The Labute approximate surface area is 96.1 Å². The van der Waals surface area contributed by atoms with Crippen LogP contribution in [-0.2, 0) is 0 Å². The van der Waals surface area contributed by atoms with Crippen LogP contribution in [0.1, 0.15) is 25.3 Å². The Hall–Kier alpha value is -1.83. The third kappa shape index (κ3) is 2.22.